The average molecular weight is 359 g/mol. The number of rotatable bonds is 5. The van der Waals surface area contributed by atoms with Crippen LogP contribution < -0.4 is 15.6 Å². The van der Waals surface area contributed by atoms with Crippen LogP contribution in [0.2, 0.25) is 0 Å². The molecule has 0 saturated carbocycles. The van der Waals surface area contributed by atoms with Gasteiger partial charge < -0.3 is 10.1 Å². The van der Waals surface area contributed by atoms with E-state index < -0.39 is 0 Å². The number of ether oxygens (including phenoxy) is 1. The number of carbonyl (C=O) groups is 1. The molecule has 1 aromatic carbocycles. The molecule has 0 aliphatic carbocycles. The first-order chi connectivity index (χ1) is 12.0. The summed E-state index contributed by atoms with van der Waals surface area (Å²) in [5, 5.41) is 3.57. The molecule has 7 heteroatoms. The third-order valence-electron chi connectivity index (χ3n) is 4.10. The van der Waals surface area contributed by atoms with Crippen LogP contribution in [0.4, 0.5) is 5.69 Å². The standard InChI is InChI=1S/C18H21N3O3S/c1-11(2)15-9-17(23)21-13(10-25-18(21)20-15)8-16(22)19-12-4-6-14(24-3)7-5-12/h4-7,9,11,13H,8,10H2,1-3H3,(H,19,22). The lowest BCUT2D eigenvalue weighted by atomic mass is 10.1. The third kappa shape index (κ3) is 3.87. The number of methoxy groups -OCH3 is 1. The Bertz CT molecular complexity index is 830. The summed E-state index contributed by atoms with van der Waals surface area (Å²) in [6, 6.07) is 8.57. The van der Waals surface area contributed by atoms with Gasteiger partial charge in [0.15, 0.2) is 5.16 Å². The molecule has 3 rings (SSSR count). The van der Waals surface area contributed by atoms with Gasteiger partial charge in [0.05, 0.1) is 18.8 Å². The number of hydrogen-bond acceptors (Lipinski definition) is 5. The Morgan fingerprint density at radius 2 is 2.12 bits per heavy atom. The van der Waals surface area contributed by atoms with Crippen LogP contribution in [0.15, 0.2) is 40.3 Å². The summed E-state index contributed by atoms with van der Waals surface area (Å²) >= 11 is 1.53. The van der Waals surface area contributed by atoms with Gasteiger partial charge >= 0.3 is 0 Å². The molecule has 0 fully saturated rings. The zero-order valence-electron chi connectivity index (χ0n) is 14.5. The number of anilines is 1. The van der Waals surface area contributed by atoms with Gasteiger partial charge in [-0.15, -0.1) is 0 Å². The summed E-state index contributed by atoms with van der Waals surface area (Å²) in [4.78, 5) is 29.3. The molecule has 1 amide bonds. The molecule has 1 atom stereocenters. The number of carbonyl (C=O) groups excluding carboxylic acids is 1. The van der Waals surface area contributed by atoms with Crippen LogP contribution in [0.5, 0.6) is 5.75 Å². The normalized spacial score (nSPS) is 15.9. The Labute approximate surface area is 150 Å². The zero-order valence-corrected chi connectivity index (χ0v) is 15.3. The van der Waals surface area contributed by atoms with E-state index in [-0.39, 0.29) is 29.8 Å². The van der Waals surface area contributed by atoms with Gasteiger partial charge in [-0.05, 0) is 30.2 Å². The molecular formula is C18H21N3O3S. The maximum atomic E-state index is 12.4. The number of amides is 1. The van der Waals surface area contributed by atoms with Crippen molar-refractivity contribution in [1.29, 1.82) is 0 Å². The van der Waals surface area contributed by atoms with Gasteiger partial charge in [-0.3, -0.25) is 14.2 Å². The maximum absolute atomic E-state index is 12.4. The van der Waals surface area contributed by atoms with Gasteiger partial charge in [0.1, 0.15) is 5.75 Å². The number of fused-ring (bicyclic) bond motifs is 1. The Morgan fingerprint density at radius 3 is 2.76 bits per heavy atom. The summed E-state index contributed by atoms with van der Waals surface area (Å²) in [7, 11) is 1.60. The minimum absolute atomic E-state index is 0.0825. The number of thioether (sulfide) groups is 1. The van der Waals surface area contributed by atoms with Crippen molar-refractivity contribution < 1.29 is 9.53 Å². The second-order valence-electron chi connectivity index (χ2n) is 6.27. The minimum atomic E-state index is -0.167. The third-order valence-corrected chi connectivity index (χ3v) is 5.19. The molecule has 132 valence electrons. The highest BCUT2D eigenvalue weighted by Crippen LogP contribution is 2.33. The number of benzene rings is 1. The fourth-order valence-corrected chi connectivity index (χ4v) is 3.87. The Balaban J connectivity index is 1.71. The largest absolute Gasteiger partial charge is 0.497 e. The van der Waals surface area contributed by atoms with Gasteiger partial charge in [-0.2, -0.15) is 0 Å². The van der Waals surface area contributed by atoms with Gasteiger partial charge in [0.2, 0.25) is 5.91 Å². The van der Waals surface area contributed by atoms with Crippen LogP contribution in [0.1, 0.15) is 37.9 Å². The van der Waals surface area contributed by atoms with E-state index in [0.717, 1.165) is 11.4 Å². The first-order valence-corrected chi connectivity index (χ1v) is 9.16. The first-order valence-electron chi connectivity index (χ1n) is 8.18. The summed E-state index contributed by atoms with van der Waals surface area (Å²) < 4.78 is 6.74. The predicted octanol–water partition coefficient (Wildman–Crippen LogP) is 3.05. The van der Waals surface area contributed by atoms with Crippen molar-refractivity contribution in [3.8, 4) is 5.75 Å². The predicted molar refractivity (Wildman–Crippen MR) is 98.6 cm³/mol. The van der Waals surface area contributed by atoms with Gasteiger partial charge in [0, 0.05) is 23.9 Å². The van der Waals surface area contributed by atoms with E-state index in [9.17, 15) is 9.59 Å². The topological polar surface area (TPSA) is 73.2 Å². The van der Waals surface area contributed by atoms with Crippen LogP contribution in [-0.2, 0) is 4.79 Å². The molecule has 1 N–H and O–H groups in total. The molecule has 1 aliphatic heterocycles. The maximum Gasteiger partial charge on any atom is 0.254 e. The van der Waals surface area contributed by atoms with Gasteiger partial charge in [0.25, 0.3) is 5.56 Å². The fourth-order valence-electron chi connectivity index (χ4n) is 2.72. The van der Waals surface area contributed by atoms with E-state index in [1.807, 2.05) is 13.8 Å². The zero-order chi connectivity index (χ0) is 18.0. The van der Waals surface area contributed by atoms with Crippen LogP contribution in [0.25, 0.3) is 0 Å². The van der Waals surface area contributed by atoms with Crippen LogP contribution in [0.3, 0.4) is 0 Å². The Kier molecular flexibility index (Phi) is 5.13. The minimum Gasteiger partial charge on any atom is -0.497 e. The molecule has 25 heavy (non-hydrogen) atoms. The molecule has 0 spiro atoms. The van der Waals surface area contributed by atoms with Crippen molar-refractivity contribution in [2.75, 3.05) is 18.2 Å². The molecule has 0 radical (unpaired) electrons. The van der Waals surface area contributed by atoms with E-state index in [1.54, 1.807) is 42.0 Å². The second-order valence-corrected chi connectivity index (χ2v) is 7.26. The molecule has 1 aromatic heterocycles. The van der Waals surface area contributed by atoms with E-state index in [1.165, 1.54) is 11.8 Å². The number of nitrogens with one attached hydrogen (secondary N) is 1. The molecular weight excluding hydrogens is 338 g/mol. The van der Waals surface area contributed by atoms with E-state index in [0.29, 0.717) is 16.6 Å². The summed E-state index contributed by atoms with van der Waals surface area (Å²) in [5.74, 6) is 1.50. The van der Waals surface area contributed by atoms with Crippen LogP contribution >= 0.6 is 11.8 Å². The summed E-state index contributed by atoms with van der Waals surface area (Å²) in [5.41, 5.74) is 1.42. The van der Waals surface area contributed by atoms with E-state index in [4.69, 9.17) is 4.74 Å². The summed E-state index contributed by atoms with van der Waals surface area (Å²) in [6.45, 7) is 4.02. The highest BCUT2D eigenvalue weighted by molar-refractivity contribution is 7.99. The second kappa shape index (κ2) is 7.31. The van der Waals surface area contributed by atoms with Gasteiger partial charge in [-0.1, -0.05) is 25.6 Å². The lowest BCUT2D eigenvalue weighted by Crippen LogP contribution is -2.28. The van der Waals surface area contributed by atoms with Crippen molar-refractivity contribution in [3.05, 3.63) is 46.4 Å². The Hall–Kier alpha value is -2.28. The number of nitrogens with zero attached hydrogens (tertiary/aromatic N) is 2. The molecule has 6 nitrogen and oxygen atoms in total. The lowest BCUT2D eigenvalue weighted by molar-refractivity contribution is -0.116. The van der Waals surface area contributed by atoms with Gasteiger partial charge in [-0.25, -0.2) is 4.98 Å². The molecule has 2 heterocycles. The van der Waals surface area contributed by atoms with Crippen molar-refractivity contribution in [2.45, 2.75) is 37.4 Å². The summed E-state index contributed by atoms with van der Waals surface area (Å²) in [6.07, 6.45) is 0.245. The van der Waals surface area contributed by atoms with Crippen molar-refractivity contribution in [1.82, 2.24) is 9.55 Å². The molecule has 2 aromatic rings. The molecule has 0 saturated heterocycles. The molecule has 1 unspecified atom stereocenters. The smallest absolute Gasteiger partial charge is 0.254 e. The average Bonchev–Trinajstić information content (AvgIpc) is 2.98. The number of aromatic nitrogens is 2. The van der Waals surface area contributed by atoms with E-state index in [2.05, 4.69) is 10.3 Å². The fraction of sp³-hybridized carbons (Fsp3) is 0.389. The quantitative estimate of drug-likeness (QED) is 0.831. The Morgan fingerprint density at radius 1 is 1.40 bits per heavy atom. The number of hydrogen-bond donors (Lipinski definition) is 1. The van der Waals surface area contributed by atoms with Crippen molar-refractivity contribution >= 4 is 23.4 Å². The SMILES string of the molecule is COc1ccc(NC(=O)CC2CSc3nc(C(C)C)cc(=O)n32)cc1. The lowest BCUT2D eigenvalue weighted by Gasteiger charge is -2.14. The van der Waals surface area contributed by atoms with Crippen molar-refractivity contribution in [3.63, 3.8) is 0 Å². The highest BCUT2D eigenvalue weighted by atomic mass is 32.2. The monoisotopic (exact) mass is 359 g/mol. The van der Waals surface area contributed by atoms with Crippen molar-refractivity contribution in [2.24, 2.45) is 0 Å². The molecule has 1 aliphatic rings. The highest BCUT2D eigenvalue weighted by Gasteiger charge is 2.28. The molecule has 0 bridgehead atoms. The van der Waals surface area contributed by atoms with Crippen LogP contribution in [-0.4, -0.2) is 28.3 Å². The first kappa shape index (κ1) is 17.5. The van der Waals surface area contributed by atoms with E-state index >= 15 is 0 Å². The van der Waals surface area contributed by atoms with Crippen LogP contribution in [0, 0.1) is 0 Å².